The number of hydrogen-bond donors (Lipinski definition) is 1. The molecule has 0 unspecified atom stereocenters. The average molecular weight is 236 g/mol. The Labute approximate surface area is 100 Å². The molecule has 0 amide bonds. The van der Waals surface area contributed by atoms with Gasteiger partial charge in [-0.3, -0.25) is 0 Å². The van der Waals surface area contributed by atoms with Gasteiger partial charge in [0.25, 0.3) is 0 Å². The third kappa shape index (κ3) is 3.67. The molecule has 4 heteroatoms. The molecule has 0 saturated heterocycles. The lowest BCUT2D eigenvalue weighted by atomic mass is 10.0. The van der Waals surface area contributed by atoms with E-state index in [9.17, 15) is 9.59 Å². The summed E-state index contributed by atoms with van der Waals surface area (Å²) in [6.45, 7) is 1.91. The number of rotatable bonds is 6. The SMILES string of the molecule is CCOC(=O)c1cc(CO)ccc1CCC=O. The third-order valence-electron chi connectivity index (χ3n) is 2.38. The number of carbonyl (C=O) groups excluding carboxylic acids is 2. The Kier molecular flexibility index (Phi) is 5.36. The fraction of sp³-hybridized carbons (Fsp3) is 0.385. The molecule has 92 valence electrons. The summed E-state index contributed by atoms with van der Waals surface area (Å²) in [5.74, 6) is -0.413. The van der Waals surface area contributed by atoms with Crippen molar-refractivity contribution in [3.05, 3.63) is 34.9 Å². The number of benzene rings is 1. The molecule has 0 saturated carbocycles. The minimum absolute atomic E-state index is 0.125. The van der Waals surface area contributed by atoms with E-state index < -0.39 is 5.97 Å². The van der Waals surface area contributed by atoms with Crippen LogP contribution >= 0.6 is 0 Å². The highest BCUT2D eigenvalue weighted by atomic mass is 16.5. The van der Waals surface area contributed by atoms with Crippen LogP contribution in [0.2, 0.25) is 0 Å². The highest BCUT2D eigenvalue weighted by Gasteiger charge is 2.12. The zero-order valence-electron chi connectivity index (χ0n) is 9.81. The zero-order chi connectivity index (χ0) is 12.7. The summed E-state index contributed by atoms with van der Waals surface area (Å²) >= 11 is 0. The second-order valence-corrected chi connectivity index (χ2v) is 3.58. The number of aliphatic hydroxyl groups excluding tert-OH is 1. The summed E-state index contributed by atoms with van der Waals surface area (Å²) in [6.07, 6.45) is 1.68. The first-order valence-corrected chi connectivity index (χ1v) is 5.56. The molecule has 1 aromatic rings. The highest BCUT2D eigenvalue weighted by Crippen LogP contribution is 2.15. The van der Waals surface area contributed by atoms with Crippen molar-refractivity contribution in [3.63, 3.8) is 0 Å². The van der Waals surface area contributed by atoms with Crippen LogP contribution in [0, 0.1) is 0 Å². The van der Waals surface area contributed by atoms with Crippen LogP contribution in [0.4, 0.5) is 0 Å². The van der Waals surface area contributed by atoms with Gasteiger partial charge in [0.1, 0.15) is 6.29 Å². The van der Waals surface area contributed by atoms with E-state index in [4.69, 9.17) is 9.84 Å². The maximum Gasteiger partial charge on any atom is 0.338 e. The van der Waals surface area contributed by atoms with Crippen molar-refractivity contribution in [1.82, 2.24) is 0 Å². The Morgan fingerprint density at radius 1 is 1.47 bits per heavy atom. The Balaban J connectivity index is 3.01. The maximum absolute atomic E-state index is 11.7. The fourth-order valence-electron chi connectivity index (χ4n) is 1.55. The first kappa shape index (κ1) is 13.4. The van der Waals surface area contributed by atoms with E-state index in [1.165, 1.54) is 0 Å². The second-order valence-electron chi connectivity index (χ2n) is 3.58. The topological polar surface area (TPSA) is 63.6 Å². The predicted molar refractivity (Wildman–Crippen MR) is 62.7 cm³/mol. The van der Waals surface area contributed by atoms with Gasteiger partial charge in [-0.25, -0.2) is 4.79 Å². The zero-order valence-corrected chi connectivity index (χ0v) is 9.81. The molecule has 0 radical (unpaired) electrons. The Bertz CT molecular complexity index is 398. The number of aldehydes is 1. The van der Waals surface area contributed by atoms with Crippen molar-refractivity contribution in [1.29, 1.82) is 0 Å². The van der Waals surface area contributed by atoms with Gasteiger partial charge in [0.15, 0.2) is 0 Å². The van der Waals surface area contributed by atoms with Gasteiger partial charge in [-0.15, -0.1) is 0 Å². The van der Waals surface area contributed by atoms with Crippen LogP contribution < -0.4 is 0 Å². The number of aliphatic hydroxyl groups is 1. The lowest BCUT2D eigenvalue weighted by Gasteiger charge is -2.09. The van der Waals surface area contributed by atoms with Gasteiger partial charge in [-0.1, -0.05) is 12.1 Å². The molecule has 0 aromatic heterocycles. The molecular formula is C13H16O4. The van der Waals surface area contributed by atoms with Crippen LogP contribution in [0.1, 0.15) is 34.8 Å². The molecule has 0 fully saturated rings. The molecule has 0 atom stereocenters. The Morgan fingerprint density at radius 3 is 2.82 bits per heavy atom. The molecule has 0 bridgehead atoms. The Hall–Kier alpha value is -1.68. The summed E-state index contributed by atoms with van der Waals surface area (Å²) in [7, 11) is 0. The number of aryl methyl sites for hydroxylation is 1. The molecular weight excluding hydrogens is 220 g/mol. The van der Waals surface area contributed by atoms with Gasteiger partial charge in [-0.2, -0.15) is 0 Å². The second kappa shape index (κ2) is 6.81. The fourth-order valence-corrected chi connectivity index (χ4v) is 1.55. The quantitative estimate of drug-likeness (QED) is 0.600. The minimum Gasteiger partial charge on any atom is -0.462 e. The lowest BCUT2D eigenvalue weighted by Crippen LogP contribution is -2.09. The molecule has 1 rings (SSSR count). The van der Waals surface area contributed by atoms with E-state index in [-0.39, 0.29) is 6.61 Å². The summed E-state index contributed by atoms with van der Waals surface area (Å²) in [5, 5.41) is 9.03. The normalized spacial score (nSPS) is 10.0. The van der Waals surface area contributed by atoms with Crippen LogP contribution in [0.3, 0.4) is 0 Å². The number of ether oxygens (including phenoxy) is 1. The van der Waals surface area contributed by atoms with Gasteiger partial charge in [0.05, 0.1) is 18.8 Å². The lowest BCUT2D eigenvalue weighted by molar-refractivity contribution is -0.107. The van der Waals surface area contributed by atoms with E-state index >= 15 is 0 Å². The van der Waals surface area contributed by atoms with Crippen molar-refractivity contribution in [3.8, 4) is 0 Å². The average Bonchev–Trinajstić information content (AvgIpc) is 2.36. The predicted octanol–water partition coefficient (Wildman–Crippen LogP) is 1.49. The van der Waals surface area contributed by atoms with E-state index in [1.54, 1.807) is 25.1 Å². The van der Waals surface area contributed by atoms with Gasteiger partial charge < -0.3 is 14.6 Å². The van der Waals surface area contributed by atoms with E-state index in [0.717, 1.165) is 11.8 Å². The summed E-state index contributed by atoms with van der Waals surface area (Å²) in [4.78, 5) is 22.1. The van der Waals surface area contributed by atoms with Gasteiger partial charge in [-0.05, 0) is 30.5 Å². The number of carbonyl (C=O) groups is 2. The summed E-state index contributed by atoms with van der Waals surface area (Å²) in [5.41, 5.74) is 1.86. The summed E-state index contributed by atoms with van der Waals surface area (Å²) < 4.78 is 4.94. The first-order chi connectivity index (χ1) is 8.22. The number of hydrogen-bond acceptors (Lipinski definition) is 4. The van der Waals surface area contributed by atoms with E-state index in [0.29, 0.717) is 30.6 Å². The van der Waals surface area contributed by atoms with Crippen LogP contribution in [0.15, 0.2) is 18.2 Å². The minimum atomic E-state index is -0.413. The van der Waals surface area contributed by atoms with Crippen LogP contribution in [-0.2, 0) is 22.6 Å². The van der Waals surface area contributed by atoms with E-state index in [2.05, 4.69) is 0 Å². The molecule has 0 aliphatic rings. The molecule has 1 N–H and O–H groups in total. The molecule has 0 spiro atoms. The number of esters is 1. The largest absolute Gasteiger partial charge is 0.462 e. The van der Waals surface area contributed by atoms with Crippen LogP contribution in [0.5, 0.6) is 0 Å². The molecule has 17 heavy (non-hydrogen) atoms. The first-order valence-electron chi connectivity index (χ1n) is 5.56. The molecule has 0 aliphatic carbocycles. The van der Waals surface area contributed by atoms with Crippen LogP contribution in [0.25, 0.3) is 0 Å². The van der Waals surface area contributed by atoms with Crippen molar-refractivity contribution >= 4 is 12.3 Å². The maximum atomic E-state index is 11.7. The van der Waals surface area contributed by atoms with Crippen molar-refractivity contribution in [2.45, 2.75) is 26.4 Å². The highest BCUT2D eigenvalue weighted by molar-refractivity contribution is 5.91. The van der Waals surface area contributed by atoms with Gasteiger partial charge in [0.2, 0.25) is 0 Å². The molecule has 4 nitrogen and oxygen atoms in total. The van der Waals surface area contributed by atoms with Crippen LogP contribution in [-0.4, -0.2) is 24.0 Å². The molecule has 1 aromatic carbocycles. The van der Waals surface area contributed by atoms with Crippen molar-refractivity contribution < 1.29 is 19.4 Å². The third-order valence-corrected chi connectivity index (χ3v) is 2.38. The molecule has 0 aliphatic heterocycles. The van der Waals surface area contributed by atoms with E-state index in [1.807, 2.05) is 0 Å². The van der Waals surface area contributed by atoms with Crippen molar-refractivity contribution in [2.24, 2.45) is 0 Å². The van der Waals surface area contributed by atoms with Gasteiger partial charge in [0, 0.05) is 6.42 Å². The monoisotopic (exact) mass is 236 g/mol. The Morgan fingerprint density at radius 2 is 2.24 bits per heavy atom. The summed E-state index contributed by atoms with van der Waals surface area (Å²) in [6, 6.07) is 5.10. The molecule has 0 heterocycles. The smallest absolute Gasteiger partial charge is 0.338 e. The van der Waals surface area contributed by atoms with Crippen molar-refractivity contribution in [2.75, 3.05) is 6.61 Å². The standard InChI is InChI=1S/C13H16O4/c1-2-17-13(16)12-8-10(9-15)5-6-11(12)4-3-7-14/h5-8,15H,2-4,9H2,1H3. The van der Waals surface area contributed by atoms with Gasteiger partial charge >= 0.3 is 5.97 Å².